The van der Waals surface area contributed by atoms with Gasteiger partial charge in [-0.05, 0) is 29.8 Å². The fourth-order valence-electron chi connectivity index (χ4n) is 2.82. The minimum atomic E-state index is 0.708. The van der Waals surface area contributed by atoms with E-state index < -0.39 is 0 Å². The van der Waals surface area contributed by atoms with Gasteiger partial charge in [-0.15, -0.1) is 9.36 Å². The van der Waals surface area contributed by atoms with Crippen LogP contribution in [0.25, 0.3) is 16.9 Å². The van der Waals surface area contributed by atoms with Gasteiger partial charge < -0.3 is 5.21 Å². The van der Waals surface area contributed by atoms with Crippen LogP contribution in [0.15, 0.2) is 36.9 Å². The van der Waals surface area contributed by atoms with Crippen LogP contribution in [0.2, 0.25) is 0 Å². The predicted octanol–water partition coefficient (Wildman–Crippen LogP) is 1.52. The highest BCUT2D eigenvalue weighted by molar-refractivity contribution is 5.72. The van der Waals surface area contributed by atoms with Crippen LogP contribution in [-0.4, -0.2) is 14.5 Å². The SMILES string of the molecule is [O-][n+]1cnc2c3c(ncn21)-c1ccccc1CCC3. The first kappa shape index (κ1) is 10.5. The molecule has 0 N–H and O–H groups in total. The summed E-state index contributed by atoms with van der Waals surface area (Å²) in [7, 11) is 0. The Kier molecular flexibility index (Phi) is 2.09. The van der Waals surface area contributed by atoms with Crippen molar-refractivity contribution in [2.75, 3.05) is 0 Å². The van der Waals surface area contributed by atoms with Crippen molar-refractivity contribution in [1.82, 2.24) is 14.5 Å². The highest BCUT2D eigenvalue weighted by Crippen LogP contribution is 2.31. The van der Waals surface area contributed by atoms with Crippen LogP contribution in [0.4, 0.5) is 0 Å². The Morgan fingerprint density at radius 1 is 1.16 bits per heavy atom. The number of hydrogen-bond acceptors (Lipinski definition) is 3. The molecule has 2 heterocycles. The summed E-state index contributed by atoms with van der Waals surface area (Å²) in [6, 6.07) is 8.33. The molecule has 5 nitrogen and oxygen atoms in total. The second-order valence-electron chi connectivity index (χ2n) is 4.80. The second-order valence-corrected chi connectivity index (χ2v) is 4.80. The van der Waals surface area contributed by atoms with Gasteiger partial charge in [-0.1, -0.05) is 24.3 Å². The van der Waals surface area contributed by atoms with Gasteiger partial charge in [0.2, 0.25) is 0 Å². The molecule has 3 aromatic rings. The third kappa shape index (κ3) is 1.44. The molecule has 0 radical (unpaired) electrons. The first-order valence-electron chi connectivity index (χ1n) is 6.37. The molecule has 94 valence electrons. The Morgan fingerprint density at radius 2 is 2.05 bits per heavy atom. The van der Waals surface area contributed by atoms with Gasteiger partial charge in [-0.2, -0.15) is 0 Å². The van der Waals surface area contributed by atoms with Crippen molar-refractivity contribution in [3.63, 3.8) is 0 Å². The summed E-state index contributed by atoms with van der Waals surface area (Å²) in [5.74, 6) is 0. The van der Waals surface area contributed by atoms with Crippen molar-refractivity contribution in [2.24, 2.45) is 0 Å². The minimum absolute atomic E-state index is 0.708. The van der Waals surface area contributed by atoms with E-state index in [1.54, 1.807) is 6.33 Å². The van der Waals surface area contributed by atoms with Crippen molar-refractivity contribution < 1.29 is 4.85 Å². The Hall–Kier alpha value is -2.43. The molecule has 0 saturated heterocycles. The van der Waals surface area contributed by atoms with Gasteiger partial charge in [0, 0.05) is 5.56 Å². The highest BCUT2D eigenvalue weighted by Gasteiger charge is 2.22. The first-order chi connectivity index (χ1) is 9.34. The Labute approximate surface area is 109 Å². The van der Waals surface area contributed by atoms with E-state index in [2.05, 4.69) is 28.2 Å². The molecule has 0 spiro atoms. The van der Waals surface area contributed by atoms with E-state index >= 15 is 0 Å². The summed E-state index contributed by atoms with van der Waals surface area (Å²) in [4.78, 5) is 9.41. The number of rotatable bonds is 0. The molecule has 1 aliphatic carbocycles. The van der Waals surface area contributed by atoms with E-state index in [1.165, 1.54) is 16.4 Å². The van der Waals surface area contributed by atoms with Crippen LogP contribution in [0.3, 0.4) is 0 Å². The van der Waals surface area contributed by atoms with E-state index in [4.69, 9.17) is 0 Å². The summed E-state index contributed by atoms with van der Waals surface area (Å²) in [6.45, 7) is 0. The zero-order valence-electron chi connectivity index (χ0n) is 10.3. The van der Waals surface area contributed by atoms with Crippen LogP contribution < -0.4 is 4.85 Å². The van der Waals surface area contributed by atoms with Gasteiger partial charge in [0.15, 0.2) is 0 Å². The maximum absolute atomic E-state index is 11.6. The quantitative estimate of drug-likeness (QED) is 0.450. The van der Waals surface area contributed by atoms with Gasteiger partial charge >= 0.3 is 6.33 Å². The Balaban J connectivity index is 2.08. The van der Waals surface area contributed by atoms with Crippen molar-refractivity contribution >= 4 is 5.65 Å². The van der Waals surface area contributed by atoms with E-state index in [-0.39, 0.29) is 0 Å². The van der Waals surface area contributed by atoms with Crippen molar-refractivity contribution in [3.8, 4) is 11.3 Å². The summed E-state index contributed by atoms with van der Waals surface area (Å²) in [5.41, 5.74) is 5.24. The molecule has 0 saturated carbocycles. The summed E-state index contributed by atoms with van der Waals surface area (Å²) >= 11 is 0. The van der Waals surface area contributed by atoms with Crippen molar-refractivity contribution in [2.45, 2.75) is 19.3 Å². The number of aryl methyl sites for hydroxylation is 2. The molecule has 0 amide bonds. The normalized spacial score (nSPS) is 13.9. The van der Waals surface area contributed by atoms with Gasteiger partial charge in [-0.25, -0.2) is 4.98 Å². The smallest absolute Gasteiger partial charge is 0.311 e. The molecule has 2 aromatic heterocycles. The molecule has 4 rings (SSSR count). The summed E-state index contributed by atoms with van der Waals surface area (Å²) < 4.78 is 1.45. The molecule has 5 heteroatoms. The van der Waals surface area contributed by atoms with Gasteiger partial charge in [0.05, 0.1) is 11.3 Å². The van der Waals surface area contributed by atoms with Crippen LogP contribution in [0.1, 0.15) is 17.5 Å². The van der Waals surface area contributed by atoms with Crippen molar-refractivity contribution in [3.05, 3.63) is 53.3 Å². The lowest BCUT2D eigenvalue weighted by atomic mass is 10.0. The summed E-state index contributed by atoms with van der Waals surface area (Å²) in [6.07, 6.45) is 5.83. The lowest BCUT2D eigenvalue weighted by Crippen LogP contribution is -2.32. The number of nitrogens with zero attached hydrogens (tertiary/aromatic N) is 4. The molecular weight excluding hydrogens is 240 g/mol. The highest BCUT2D eigenvalue weighted by atomic mass is 16.5. The van der Waals surface area contributed by atoms with Gasteiger partial charge in [0.25, 0.3) is 5.65 Å². The maximum Gasteiger partial charge on any atom is 0.311 e. The maximum atomic E-state index is 11.6. The largest absolute Gasteiger partial charge is 0.692 e. The lowest BCUT2D eigenvalue weighted by molar-refractivity contribution is -0.678. The van der Waals surface area contributed by atoms with Crippen molar-refractivity contribution in [1.29, 1.82) is 0 Å². The predicted molar refractivity (Wildman–Crippen MR) is 69.4 cm³/mol. The first-order valence-corrected chi connectivity index (χ1v) is 6.37. The fraction of sp³-hybridized carbons (Fsp3) is 0.214. The van der Waals surface area contributed by atoms with Crippen LogP contribution in [0, 0.1) is 5.21 Å². The van der Waals surface area contributed by atoms with Gasteiger partial charge in [-0.3, -0.25) is 0 Å². The Bertz CT molecular complexity index is 778. The molecule has 1 aliphatic rings. The molecule has 19 heavy (non-hydrogen) atoms. The second kappa shape index (κ2) is 3.78. The molecule has 0 fully saturated rings. The molecule has 0 unspecified atom stereocenters. The third-order valence-corrected chi connectivity index (χ3v) is 3.71. The van der Waals surface area contributed by atoms with Crippen LogP contribution >= 0.6 is 0 Å². The average Bonchev–Trinajstić information content (AvgIpc) is 2.71. The number of hydrogen-bond donors (Lipinski definition) is 0. The van der Waals surface area contributed by atoms with E-state index in [9.17, 15) is 5.21 Å². The van der Waals surface area contributed by atoms with Crippen LogP contribution in [-0.2, 0) is 12.8 Å². The minimum Gasteiger partial charge on any atom is -0.692 e. The van der Waals surface area contributed by atoms with E-state index in [0.29, 0.717) is 4.85 Å². The summed E-state index contributed by atoms with van der Waals surface area (Å²) in [5, 5.41) is 11.6. The number of aromatic nitrogens is 4. The molecule has 1 aromatic carbocycles. The topological polar surface area (TPSA) is 57.1 Å². The number of fused-ring (bicyclic) bond motifs is 5. The Morgan fingerprint density at radius 3 is 3.00 bits per heavy atom. The standard InChI is InChI=1S/C14H12N4O/c19-18-9-16-14-12-7-3-5-10-4-1-2-6-11(10)13(12)15-8-17(14)18/h1-2,4,6,8-9H,3,5,7H2. The molecular formula is C14H12N4O. The van der Waals surface area contributed by atoms with Crippen LogP contribution in [0.5, 0.6) is 0 Å². The van der Waals surface area contributed by atoms with E-state index in [1.807, 2.05) is 6.07 Å². The number of benzene rings is 1. The zero-order chi connectivity index (χ0) is 12.8. The third-order valence-electron chi connectivity index (χ3n) is 3.71. The van der Waals surface area contributed by atoms with E-state index in [0.717, 1.165) is 41.7 Å². The molecule has 0 atom stereocenters. The monoisotopic (exact) mass is 252 g/mol. The molecule has 0 aliphatic heterocycles. The van der Waals surface area contributed by atoms with Gasteiger partial charge in [0.1, 0.15) is 6.33 Å². The average molecular weight is 252 g/mol. The lowest BCUT2D eigenvalue weighted by Gasteiger charge is -2.07. The molecule has 0 bridgehead atoms. The zero-order valence-corrected chi connectivity index (χ0v) is 10.3. The fourth-order valence-corrected chi connectivity index (χ4v) is 2.82.